The Morgan fingerprint density at radius 2 is 2.03 bits per heavy atom. The lowest BCUT2D eigenvalue weighted by Crippen LogP contribution is -2.27. The number of halogens is 1. The normalized spacial score (nSPS) is 15.9. The third-order valence-electron chi connectivity index (χ3n) is 5.65. The highest BCUT2D eigenvalue weighted by molar-refractivity contribution is 7.90. The molecule has 0 atom stereocenters. The summed E-state index contributed by atoms with van der Waals surface area (Å²) < 4.78 is 44.1. The fraction of sp³-hybridized carbons (Fsp3) is 0.318. The highest BCUT2D eigenvalue weighted by Gasteiger charge is 2.34. The van der Waals surface area contributed by atoms with Crippen LogP contribution in [0.3, 0.4) is 0 Å². The maximum atomic E-state index is 13.6. The van der Waals surface area contributed by atoms with Crippen molar-refractivity contribution in [2.45, 2.75) is 17.9 Å². The van der Waals surface area contributed by atoms with Crippen molar-refractivity contribution in [3.05, 3.63) is 52.3 Å². The molecule has 2 aliphatic heterocycles. The second-order valence-corrected chi connectivity index (χ2v) is 11.3. The van der Waals surface area contributed by atoms with Crippen LogP contribution in [-0.2, 0) is 32.6 Å². The van der Waals surface area contributed by atoms with E-state index in [2.05, 4.69) is 4.98 Å². The first-order valence-electron chi connectivity index (χ1n) is 10.3. The van der Waals surface area contributed by atoms with Gasteiger partial charge in [-0.15, -0.1) is 11.3 Å². The molecule has 4 heterocycles. The molecule has 0 spiro atoms. The van der Waals surface area contributed by atoms with Gasteiger partial charge in [-0.1, -0.05) is 6.07 Å². The molecule has 0 saturated carbocycles. The molecule has 11 heteroatoms. The number of thiophene rings is 1. The fourth-order valence-electron chi connectivity index (χ4n) is 3.97. The third kappa shape index (κ3) is 4.18. The van der Waals surface area contributed by atoms with Gasteiger partial charge >= 0.3 is 0 Å². The Bertz CT molecular complexity index is 1370. The zero-order valence-electron chi connectivity index (χ0n) is 18.0. The van der Waals surface area contributed by atoms with Gasteiger partial charge in [-0.3, -0.25) is 4.79 Å². The van der Waals surface area contributed by atoms with Crippen LogP contribution >= 0.6 is 11.3 Å². The highest BCUT2D eigenvalue weighted by Crippen LogP contribution is 2.41. The maximum Gasteiger partial charge on any atom is 0.259 e. The number of sulfone groups is 1. The van der Waals surface area contributed by atoms with E-state index in [-0.39, 0.29) is 29.2 Å². The molecule has 8 nitrogen and oxygen atoms in total. The first-order chi connectivity index (χ1) is 15.7. The molecular formula is C22H21FN4O4S2. The van der Waals surface area contributed by atoms with E-state index in [0.29, 0.717) is 40.1 Å². The van der Waals surface area contributed by atoms with Crippen molar-refractivity contribution in [2.24, 2.45) is 0 Å². The Balaban J connectivity index is 1.55. The summed E-state index contributed by atoms with van der Waals surface area (Å²) in [4.78, 5) is 25.0. The van der Waals surface area contributed by atoms with E-state index in [1.54, 1.807) is 20.2 Å². The number of aromatic nitrogens is 2. The minimum Gasteiger partial charge on any atom is -0.484 e. The van der Waals surface area contributed by atoms with Gasteiger partial charge in [0.25, 0.3) is 5.91 Å². The van der Waals surface area contributed by atoms with E-state index in [9.17, 15) is 17.6 Å². The van der Waals surface area contributed by atoms with E-state index < -0.39 is 9.84 Å². The van der Waals surface area contributed by atoms with Crippen LogP contribution in [0.4, 0.5) is 15.9 Å². The maximum absolute atomic E-state index is 13.6. The molecule has 0 bridgehead atoms. The van der Waals surface area contributed by atoms with Crippen molar-refractivity contribution >= 4 is 38.6 Å². The molecular weight excluding hydrogens is 467 g/mol. The lowest BCUT2D eigenvalue weighted by atomic mass is 10.1. The van der Waals surface area contributed by atoms with Crippen molar-refractivity contribution in [1.29, 1.82) is 0 Å². The van der Waals surface area contributed by atoms with Gasteiger partial charge < -0.3 is 14.5 Å². The third-order valence-corrected chi connectivity index (χ3v) is 7.97. The van der Waals surface area contributed by atoms with E-state index >= 15 is 0 Å². The first-order valence-corrected chi connectivity index (χ1v) is 12.9. The molecule has 3 aromatic rings. The van der Waals surface area contributed by atoms with Crippen molar-refractivity contribution in [3.63, 3.8) is 0 Å². The average Bonchev–Trinajstić information content (AvgIpc) is 3.46. The van der Waals surface area contributed by atoms with Gasteiger partial charge in [-0.05, 0) is 30.2 Å². The summed E-state index contributed by atoms with van der Waals surface area (Å²) in [5.74, 6) is 0.928. The molecule has 2 aliphatic rings. The van der Waals surface area contributed by atoms with Gasteiger partial charge in [0.15, 0.2) is 27.4 Å². The summed E-state index contributed by atoms with van der Waals surface area (Å²) in [5.41, 5.74) is 2.95. The van der Waals surface area contributed by atoms with E-state index in [1.807, 2.05) is 23.1 Å². The number of anilines is 2. The molecule has 0 saturated heterocycles. The van der Waals surface area contributed by atoms with Crippen molar-refractivity contribution < 1.29 is 22.3 Å². The van der Waals surface area contributed by atoms with Crippen LogP contribution in [0.25, 0.3) is 10.7 Å². The quantitative estimate of drug-likeness (QED) is 0.545. The molecule has 2 aromatic heterocycles. The average molecular weight is 489 g/mol. The lowest BCUT2D eigenvalue weighted by molar-refractivity contribution is -0.130. The van der Waals surface area contributed by atoms with Crippen LogP contribution in [0.15, 0.2) is 30.3 Å². The van der Waals surface area contributed by atoms with Crippen molar-refractivity contribution in [2.75, 3.05) is 32.1 Å². The SMILES string of the molecule is CN(C)C(=O)COc1ccc2c(c1)N(c1nc(-c3ccc(F)s3)nc3c1CS(=O)(=O)C3)CC2. The van der Waals surface area contributed by atoms with Crippen LogP contribution < -0.4 is 9.64 Å². The molecule has 0 fully saturated rings. The highest BCUT2D eigenvalue weighted by atomic mass is 32.2. The number of amides is 1. The predicted octanol–water partition coefficient (Wildman–Crippen LogP) is 2.93. The number of likely N-dealkylation sites (N-methyl/N-ethyl adjacent to an activating group) is 1. The second-order valence-electron chi connectivity index (χ2n) is 8.20. The number of ether oxygens (including phenoxy) is 1. The van der Waals surface area contributed by atoms with Crippen LogP contribution in [0.2, 0.25) is 0 Å². The fourth-order valence-corrected chi connectivity index (χ4v) is 6.13. The first kappa shape index (κ1) is 21.8. The Hall–Kier alpha value is -3.05. The van der Waals surface area contributed by atoms with Crippen molar-refractivity contribution in [1.82, 2.24) is 14.9 Å². The Morgan fingerprint density at radius 3 is 2.76 bits per heavy atom. The van der Waals surface area contributed by atoms with Gasteiger partial charge in [-0.2, -0.15) is 4.39 Å². The molecule has 1 amide bonds. The topological polar surface area (TPSA) is 92.7 Å². The summed E-state index contributed by atoms with van der Waals surface area (Å²) in [7, 11) is -0.00253. The largest absolute Gasteiger partial charge is 0.484 e. The van der Waals surface area contributed by atoms with Crippen LogP contribution in [-0.4, -0.2) is 56.4 Å². The minimum atomic E-state index is -3.33. The number of nitrogens with zero attached hydrogens (tertiary/aromatic N) is 4. The summed E-state index contributed by atoms with van der Waals surface area (Å²) in [6.07, 6.45) is 0.751. The molecule has 0 unspecified atom stereocenters. The number of carbonyl (C=O) groups is 1. The van der Waals surface area contributed by atoms with Gasteiger partial charge in [0.1, 0.15) is 11.6 Å². The molecule has 5 rings (SSSR count). The molecule has 0 aliphatic carbocycles. The van der Waals surface area contributed by atoms with Gasteiger partial charge in [-0.25, -0.2) is 18.4 Å². The zero-order chi connectivity index (χ0) is 23.3. The Kier molecular flexibility index (Phi) is 5.32. The Labute approximate surface area is 194 Å². The lowest BCUT2D eigenvalue weighted by Gasteiger charge is -2.22. The summed E-state index contributed by atoms with van der Waals surface area (Å²) in [5, 5.41) is -0.358. The predicted molar refractivity (Wildman–Crippen MR) is 123 cm³/mol. The molecule has 172 valence electrons. The number of benzene rings is 1. The number of fused-ring (bicyclic) bond motifs is 2. The van der Waals surface area contributed by atoms with Crippen LogP contribution in [0.1, 0.15) is 16.8 Å². The summed E-state index contributed by atoms with van der Waals surface area (Å²) in [6.45, 7) is 0.526. The van der Waals surface area contributed by atoms with Gasteiger partial charge in [0, 0.05) is 38.0 Å². The second kappa shape index (κ2) is 8.07. The summed E-state index contributed by atoms with van der Waals surface area (Å²) in [6, 6.07) is 8.55. The summed E-state index contributed by atoms with van der Waals surface area (Å²) >= 11 is 0.922. The van der Waals surface area contributed by atoms with Gasteiger partial charge in [0.05, 0.1) is 22.1 Å². The van der Waals surface area contributed by atoms with E-state index in [0.717, 1.165) is 29.0 Å². The van der Waals surface area contributed by atoms with Crippen LogP contribution in [0, 0.1) is 5.13 Å². The molecule has 1 aromatic carbocycles. The van der Waals surface area contributed by atoms with Gasteiger partial charge in [0.2, 0.25) is 0 Å². The van der Waals surface area contributed by atoms with E-state index in [1.165, 1.54) is 11.0 Å². The monoisotopic (exact) mass is 488 g/mol. The van der Waals surface area contributed by atoms with Crippen LogP contribution in [0.5, 0.6) is 5.75 Å². The number of rotatable bonds is 5. The molecule has 0 N–H and O–H groups in total. The number of hydrogen-bond donors (Lipinski definition) is 0. The number of carbonyl (C=O) groups excluding carboxylic acids is 1. The van der Waals surface area contributed by atoms with E-state index in [4.69, 9.17) is 9.72 Å². The zero-order valence-corrected chi connectivity index (χ0v) is 19.7. The smallest absolute Gasteiger partial charge is 0.259 e. The Morgan fingerprint density at radius 1 is 1.21 bits per heavy atom. The standard InChI is InChI=1S/C22H21FN4O4S2/c1-26(2)20(28)10-31-14-4-3-13-7-8-27(17(13)9-14)22-15-11-33(29,30)12-16(15)24-21(25-22)18-5-6-19(23)32-18/h3-6,9H,7-8,10-12H2,1-2H3. The molecule has 0 radical (unpaired) electrons. The molecule has 33 heavy (non-hydrogen) atoms. The number of hydrogen-bond acceptors (Lipinski definition) is 8. The minimum absolute atomic E-state index is 0.0823. The van der Waals surface area contributed by atoms with Crippen molar-refractivity contribution in [3.8, 4) is 16.5 Å².